The van der Waals surface area contributed by atoms with Crippen LogP contribution in [-0.2, 0) is 4.74 Å². The molecule has 2 heterocycles. The summed E-state index contributed by atoms with van der Waals surface area (Å²) < 4.78 is 5.63. The largest absolute Gasteiger partial charge is 0.378 e. The second-order valence-corrected chi connectivity index (χ2v) is 6.60. The van der Waals surface area contributed by atoms with E-state index in [1.165, 1.54) is 0 Å². The summed E-state index contributed by atoms with van der Waals surface area (Å²) in [5, 5.41) is 9.00. The third-order valence-corrected chi connectivity index (χ3v) is 4.66. The molecule has 1 atom stereocenters. The molecule has 0 aliphatic carbocycles. The van der Waals surface area contributed by atoms with Crippen molar-refractivity contribution in [1.29, 1.82) is 5.26 Å². The summed E-state index contributed by atoms with van der Waals surface area (Å²) in [4.78, 5) is 18.8. The van der Waals surface area contributed by atoms with E-state index in [1.54, 1.807) is 17.0 Å². The fraction of sp³-hybridized carbons (Fsp3) is 0.381. The fourth-order valence-corrected chi connectivity index (χ4v) is 3.22. The molecule has 2 aromatic rings. The van der Waals surface area contributed by atoms with Gasteiger partial charge in [-0.15, -0.1) is 0 Å². The van der Waals surface area contributed by atoms with Crippen LogP contribution in [0.1, 0.15) is 41.7 Å². The lowest BCUT2D eigenvalue weighted by Gasteiger charge is -2.18. The van der Waals surface area contributed by atoms with Gasteiger partial charge >= 0.3 is 0 Å². The highest BCUT2D eigenvalue weighted by Gasteiger charge is 2.17. The molecule has 1 saturated heterocycles. The van der Waals surface area contributed by atoms with Crippen LogP contribution in [0.15, 0.2) is 42.5 Å². The third-order valence-electron chi connectivity index (χ3n) is 4.66. The molecule has 0 saturated carbocycles. The Bertz CT molecular complexity index is 807. The number of hydrogen-bond acceptors (Lipinski definition) is 4. The monoisotopic (exact) mass is 349 g/mol. The maximum atomic E-state index is 12.7. The van der Waals surface area contributed by atoms with Gasteiger partial charge in [-0.2, -0.15) is 5.26 Å². The predicted molar refractivity (Wildman–Crippen MR) is 99.6 cm³/mol. The van der Waals surface area contributed by atoms with E-state index in [1.807, 2.05) is 43.4 Å². The molecule has 0 unspecified atom stereocenters. The van der Waals surface area contributed by atoms with Gasteiger partial charge < -0.3 is 9.64 Å². The number of ether oxygens (including phenoxy) is 1. The van der Waals surface area contributed by atoms with E-state index in [-0.39, 0.29) is 5.91 Å². The molecule has 5 heteroatoms. The van der Waals surface area contributed by atoms with Crippen molar-refractivity contribution in [2.75, 3.05) is 20.2 Å². The Morgan fingerprint density at radius 2 is 2.19 bits per heavy atom. The molecule has 1 aliphatic rings. The Kier molecular flexibility index (Phi) is 5.98. The van der Waals surface area contributed by atoms with Crippen LogP contribution in [-0.4, -0.2) is 42.1 Å². The summed E-state index contributed by atoms with van der Waals surface area (Å²) in [6.45, 7) is 1.58. The van der Waals surface area contributed by atoms with E-state index in [4.69, 9.17) is 10.00 Å². The number of nitrogens with zero attached hydrogens (tertiary/aromatic N) is 3. The van der Waals surface area contributed by atoms with Crippen molar-refractivity contribution in [3.8, 4) is 17.3 Å². The van der Waals surface area contributed by atoms with Crippen molar-refractivity contribution < 1.29 is 9.53 Å². The van der Waals surface area contributed by atoms with E-state index in [2.05, 4.69) is 4.98 Å². The van der Waals surface area contributed by atoms with Crippen LogP contribution in [0.25, 0.3) is 11.3 Å². The van der Waals surface area contributed by atoms with Crippen LogP contribution in [0.3, 0.4) is 0 Å². The molecule has 1 amide bonds. The maximum absolute atomic E-state index is 12.7. The number of benzene rings is 1. The molecule has 0 bridgehead atoms. The Hall–Kier alpha value is -2.71. The molecule has 1 aromatic carbocycles. The maximum Gasteiger partial charge on any atom is 0.253 e. The molecule has 1 fully saturated rings. The number of carbonyl (C=O) groups excluding carboxylic acids is 1. The van der Waals surface area contributed by atoms with Gasteiger partial charge in [0.1, 0.15) is 11.8 Å². The van der Waals surface area contributed by atoms with Crippen LogP contribution >= 0.6 is 0 Å². The topological polar surface area (TPSA) is 66.2 Å². The first-order chi connectivity index (χ1) is 12.7. The number of carbonyl (C=O) groups is 1. The van der Waals surface area contributed by atoms with Crippen molar-refractivity contribution >= 4 is 5.91 Å². The number of amides is 1. The summed E-state index contributed by atoms with van der Waals surface area (Å²) in [5.41, 5.74) is 2.53. The standard InChI is InChI=1S/C21H23N3O2/c1-24(12-4-9-19-10-5-13-26-19)21(25)17-7-2-6-16(14-17)20-11-3-8-18(15-22)23-20/h2-3,6-8,11,14,19H,4-5,9-10,12-13H2,1H3/t19-/m1/s1. The summed E-state index contributed by atoms with van der Waals surface area (Å²) in [6.07, 6.45) is 4.59. The molecular formula is C21H23N3O2. The van der Waals surface area contributed by atoms with Gasteiger partial charge in [0, 0.05) is 31.3 Å². The van der Waals surface area contributed by atoms with Gasteiger partial charge in [-0.1, -0.05) is 18.2 Å². The van der Waals surface area contributed by atoms with E-state index in [0.717, 1.165) is 37.9 Å². The molecule has 134 valence electrons. The molecule has 26 heavy (non-hydrogen) atoms. The zero-order valence-electron chi connectivity index (χ0n) is 15.0. The van der Waals surface area contributed by atoms with E-state index in [0.29, 0.717) is 29.6 Å². The molecular weight excluding hydrogens is 326 g/mol. The molecule has 5 nitrogen and oxygen atoms in total. The Morgan fingerprint density at radius 1 is 1.35 bits per heavy atom. The van der Waals surface area contributed by atoms with Crippen molar-refractivity contribution in [2.45, 2.75) is 31.8 Å². The summed E-state index contributed by atoms with van der Waals surface area (Å²) >= 11 is 0. The van der Waals surface area contributed by atoms with Crippen molar-refractivity contribution in [2.24, 2.45) is 0 Å². The molecule has 3 rings (SSSR count). The third kappa shape index (κ3) is 4.47. The highest BCUT2D eigenvalue weighted by atomic mass is 16.5. The van der Waals surface area contributed by atoms with E-state index < -0.39 is 0 Å². The van der Waals surface area contributed by atoms with E-state index >= 15 is 0 Å². The molecule has 0 radical (unpaired) electrons. The van der Waals surface area contributed by atoms with Crippen molar-refractivity contribution in [3.05, 3.63) is 53.7 Å². The van der Waals surface area contributed by atoms with Gasteiger partial charge in [0.2, 0.25) is 0 Å². The minimum atomic E-state index is -0.00405. The quantitative estimate of drug-likeness (QED) is 0.798. The lowest BCUT2D eigenvalue weighted by molar-refractivity contribution is 0.0763. The van der Waals surface area contributed by atoms with Gasteiger partial charge in [-0.3, -0.25) is 4.79 Å². The number of aromatic nitrogens is 1. The fourth-order valence-electron chi connectivity index (χ4n) is 3.22. The SMILES string of the molecule is CN(CCC[C@@H]1CCCO1)C(=O)c1cccc(-c2cccc(C#N)n2)c1. The molecule has 0 spiro atoms. The van der Waals surface area contributed by atoms with Crippen LogP contribution in [0.2, 0.25) is 0 Å². The Labute approximate surface area is 154 Å². The van der Waals surface area contributed by atoms with E-state index in [9.17, 15) is 4.79 Å². The van der Waals surface area contributed by atoms with Gasteiger partial charge in [-0.05, 0) is 49.9 Å². The average Bonchev–Trinajstić information content (AvgIpc) is 3.21. The molecule has 1 aromatic heterocycles. The predicted octanol–water partition coefficient (Wildman–Crippen LogP) is 3.65. The average molecular weight is 349 g/mol. The Morgan fingerprint density at radius 3 is 2.96 bits per heavy atom. The number of nitriles is 1. The van der Waals surface area contributed by atoms with Gasteiger partial charge in [0.15, 0.2) is 0 Å². The van der Waals surface area contributed by atoms with Crippen LogP contribution in [0.5, 0.6) is 0 Å². The van der Waals surface area contributed by atoms with Gasteiger partial charge in [0.25, 0.3) is 5.91 Å². The number of rotatable bonds is 6. The van der Waals surface area contributed by atoms with Crippen LogP contribution in [0.4, 0.5) is 0 Å². The smallest absolute Gasteiger partial charge is 0.253 e. The highest BCUT2D eigenvalue weighted by molar-refractivity contribution is 5.95. The molecule has 1 aliphatic heterocycles. The minimum absolute atomic E-state index is 0.00405. The second kappa shape index (κ2) is 8.59. The van der Waals surface area contributed by atoms with Crippen LogP contribution in [0, 0.1) is 11.3 Å². The first-order valence-electron chi connectivity index (χ1n) is 9.02. The second-order valence-electron chi connectivity index (χ2n) is 6.60. The lowest BCUT2D eigenvalue weighted by Crippen LogP contribution is -2.28. The molecule has 0 N–H and O–H groups in total. The summed E-state index contributed by atoms with van der Waals surface area (Å²) in [6, 6.07) is 14.8. The summed E-state index contributed by atoms with van der Waals surface area (Å²) in [7, 11) is 1.83. The first-order valence-corrected chi connectivity index (χ1v) is 9.02. The highest BCUT2D eigenvalue weighted by Crippen LogP contribution is 2.20. The lowest BCUT2D eigenvalue weighted by atomic mass is 10.1. The zero-order valence-corrected chi connectivity index (χ0v) is 15.0. The number of hydrogen-bond donors (Lipinski definition) is 0. The normalized spacial score (nSPS) is 16.2. The van der Waals surface area contributed by atoms with Crippen LogP contribution < -0.4 is 0 Å². The minimum Gasteiger partial charge on any atom is -0.378 e. The zero-order chi connectivity index (χ0) is 18.4. The van der Waals surface area contributed by atoms with Crippen molar-refractivity contribution in [3.63, 3.8) is 0 Å². The Balaban J connectivity index is 1.64. The number of pyridine rings is 1. The van der Waals surface area contributed by atoms with Gasteiger partial charge in [0.05, 0.1) is 11.8 Å². The first kappa shape index (κ1) is 18.1. The van der Waals surface area contributed by atoms with Gasteiger partial charge in [-0.25, -0.2) is 4.98 Å². The van der Waals surface area contributed by atoms with Crippen molar-refractivity contribution in [1.82, 2.24) is 9.88 Å². The summed E-state index contributed by atoms with van der Waals surface area (Å²) in [5.74, 6) is -0.00405.